The summed E-state index contributed by atoms with van der Waals surface area (Å²) >= 11 is 1.06. The number of methoxy groups -OCH3 is 1. The number of hydrogen-bond acceptors (Lipinski definition) is 8. The van der Waals surface area contributed by atoms with Crippen LogP contribution in [0.3, 0.4) is 0 Å². The number of fused-ring (bicyclic) bond motifs is 1. The third kappa shape index (κ3) is 5.60. The summed E-state index contributed by atoms with van der Waals surface area (Å²) in [4.78, 5) is 25.4. The third-order valence-corrected chi connectivity index (χ3v) is 7.80. The van der Waals surface area contributed by atoms with E-state index >= 15 is 0 Å². The monoisotopic (exact) mass is 523 g/mol. The van der Waals surface area contributed by atoms with E-state index in [1.54, 1.807) is 54.6 Å². The molecule has 4 aromatic rings. The summed E-state index contributed by atoms with van der Waals surface area (Å²) < 4.78 is 41.6. The lowest BCUT2D eigenvalue weighted by Crippen LogP contribution is -2.35. The molecule has 1 heterocycles. The fraction of sp³-hybridized carbons (Fsp3) is 0.231. The predicted octanol–water partition coefficient (Wildman–Crippen LogP) is 4.43. The number of carbonyl (C=O) groups is 2. The van der Waals surface area contributed by atoms with Gasteiger partial charge in [-0.2, -0.15) is 8.75 Å². The number of esters is 1. The molecule has 10 heteroatoms. The van der Waals surface area contributed by atoms with Crippen LogP contribution in [0.4, 0.5) is 0 Å². The van der Waals surface area contributed by atoms with Crippen molar-refractivity contribution in [2.45, 2.75) is 37.0 Å². The van der Waals surface area contributed by atoms with E-state index in [0.717, 1.165) is 17.3 Å². The predicted molar refractivity (Wildman–Crippen MR) is 138 cm³/mol. The van der Waals surface area contributed by atoms with Gasteiger partial charge in [0, 0.05) is 0 Å². The maximum atomic E-state index is 13.4. The van der Waals surface area contributed by atoms with Crippen LogP contribution in [0.2, 0.25) is 0 Å². The Hall–Kier alpha value is -3.63. The zero-order valence-electron chi connectivity index (χ0n) is 20.0. The van der Waals surface area contributed by atoms with Crippen LogP contribution in [0.5, 0.6) is 0 Å². The van der Waals surface area contributed by atoms with Crippen molar-refractivity contribution in [3.8, 4) is 0 Å². The highest BCUT2D eigenvalue weighted by molar-refractivity contribution is 7.90. The molecule has 186 valence electrons. The first-order chi connectivity index (χ1) is 17.2. The van der Waals surface area contributed by atoms with Gasteiger partial charge in [-0.1, -0.05) is 44.2 Å². The highest BCUT2D eigenvalue weighted by Gasteiger charge is 2.27. The van der Waals surface area contributed by atoms with Crippen molar-refractivity contribution in [3.05, 3.63) is 89.0 Å². The van der Waals surface area contributed by atoms with Gasteiger partial charge in [-0.05, 0) is 65.4 Å². The van der Waals surface area contributed by atoms with Gasteiger partial charge in [0.2, 0.25) is 5.91 Å². The van der Waals surface area contributed by atoms with Crippen molar-refractivity contribution in [1.29, 1.82) is 0 Å². The van der Waals surface area contributed by atoms with Gasteiger partial charge >= 0.3 is 5.97 Å². The molecule has 0 saturated heterocycles. The van der Waals surface area contributed by atoms with Gasteiger partial charge in [-0.25, -0.2) is 17.9 Å². The Morgan fingerprint density at radius 3 is 2.33 bits per heavy atom. The summed E-state index contributed by atoms with van der Waals surface area (Å²) in [5.41, 5.74) is 3.90. The van der Waals surface area contributed by atoms with Crippen LogP contribution < -0.4 is 4.72 Å². The van der Waals surface area contributed by atoms with E-state index in [2.05, 4.69) is 13.5 Å². The van der Waals surface area contributed by atoms with Crippen LogP contribution in [0.15, 0.2) is 71.6 Å². The van der Waals surface area contributed by atoms with Crippen molar-refractivity contribution in [3.63, 3.8) is 0 Å². The molecule has 0 radical (unpaired) electrons. The van der Waals surface area contributed by atoms with Crippen molar-refractivity contribution < 1.29 is 22.7 Å². The number of carbonyl (C=O) groups excluding carboxylic acids is 2. The molecule has 1 atom stereocenters. The number of sulfonamides is 1. The maximum absolute atomic E-state index is 13.4. The first-order valence-corrected chi connectivity index (χ1v) is 13.5. The van der Waals surface area contributed by atoms with E-state index in [4.69, 9.17) is 4.74 Å². The Balaban J connectivity index is 1.67. The highest BCUT2D eigenvalue weighted by atomic mass is 32.2. The molecule has 0 spiro atoms. The van der Waals surface area contributed by atoms with E-state index in [9.17, 15) is 18.0 Å². The Morgan fingerprint density at radius 2 is 1.64 bits per heavy atom. The molecule has 36 heavy (non-hydrogen) atoms. The average Bonchev–Trinajstić information content (AvgIpc) is 3.34. The molecule has 8 nitrogen and oxygen atoms in total. The van der Waals surface area contributed by atoms with Crippen molar-refractivity contribution in [2.24, 2.45) is 0 Å². The van der Waals surface area contributed by atoms with Gasteiger partial charge < -0.3 is 4.74 Å². The van der Waals surface area contributed by atoms with Crippen LogP contribution >= 0.6 is 11.7 Å². The Bertz CT molecular complexity index is 1510. The van der Waals surface area contributed by atoms with Crippen LogP contribution in [-0.2, 0) is 26.0 Å². The van der Waals surface area contributed by atoms with Gasteiger partial charge in [0.05, 0.1) is 35.2 Å². The molecule has 3 aromatic carbocycles. The zero-order valence-corrected chi connectivity index (χ0v) is 21.6. The molecule has 1 unspecified atom stereocenters. The molecule has 1 aromatic heterocycles. The van der Waals surface area contributed by atoms with E-state index in [-0.39, 0.29) is 17.2 Å². The van der Waals surface area contributed by atoms with Crippen LogP contribution in [-0.4, -0.2) is 36.2 Å². The molecule has 0 aliphatic carbocycles. The third-order valence-electron chi connectivity index (χ3n) is 5.88. The van der Waals surface area contributed by atoms with Gasteiger partial charge in [0.1, 0.15) is 11.0 Å². The van der Waals surface area contributed by atoms with E-state index < -0.39 is 27.8 Å². The number of hydrogen-bond donors (Lipinski definition) is 1. The molecule has 1 amide bonds. The molecule has 0 aliphatic heterocycles. The van der Waals surface area contributed by atoms with Crippen LogP contribution in [0, 0.1) is 0 Å². The number of nitrogens with zero attached hydrogens (tertiary/aromatic N) is 2. The summed E-state index contributed by atoms with van der Waals surface area (Å²) in [5.74, 6) is -1.81. The van der Waals surface area contributed by atoms with Crippen molar-refractivity contribution in [2.75, 3.05) is 7.11 Å². The lowest BCUT2D eigenvalue weighted by molar-refractivity contribution is -0.120. The number of aromatic nitrogens is 2. The number of amides is 1. The fourth-order valence-corrected chi connectivity index (χ4v) is 5.39. The van der Waals surface area contributed by atoms with Crippen molar-refractivity contribution in [1.82, 2.24) is 13.5 Å². The first kappa shape index (κ1) is 25.5. The molecule has 0 saturated carbocycles. The number of nitrogens with one attached hydrogen (secondary N) is 1. The first-order valence-electron chi connectivity index (χ1n) is 11.2. The van der Waals surface area contributed by atoms with Gasteiger partial charge in [0.15, 0.2) is 0 Å². The number of rotatable bonds is 8. The van der Waals surface area contributed by atoms with E-state index in [1.165, 1.54) is 19.2 Å². The molecule has 4 rings (SSSR count). The normalized spacial score (nSPS) is 12.4. The van der Waals surface area contributed by atoms with Crippen molar-refractivity contribution >= 4 is 44.7 Å². The summed E-state index contributed by atoms with van der Waals surface area (Å²) in [6.45, 7) is 4.03. The second-order valence-corrected chi connectivity index (χ2v) is 10.9. The minimum absolute atomic E-state index is 0.00541. The minimum Gasteiger partial charge on any atom is -0.465 e. The quantitative estimate of drug-likeness (QED) is 0.340. The summed E-state index contributed by atoms with van der Waals surface area (Å²) in [7, 11) is -2.81. The largest absolute Gasteiger partial charge is 0.465 e. The van der Waals surface area contributed by atoms with E-state index in [0.29, 0.717) is 27.7 Å². The fourth-order valence-electron chi connectivity index (χ4n) is 3.85. The average molecular weight is 524 g/mol. The molecular weight excluding hydrogens is 498 g/mol. The second kappa shape index (κ2) is 10.5. The molecule has 0 bridgehead atoms. The molecule has 0 aliphatic rings. The van der Waals surface area contributed by atoms with Crippen LogP contribution in [0.25, 0.3) is 11.0 Å². The maximum Gasteiger partial charge on any atom is 0.337 e. The Labute approximate surface area is 213 Å². The SMILES string of the molecule is COC(=O)c1cccc(CC(C(=O)NS(=O)(=O)c2ccc(C(C)C)cc2)c2ccc3nsnc3c2)c1. The van der Waals surface area contributed by atoms with Gasteiger partial charge in [0.25, 0.3) is 10.0 Å². The molecular formula is C26H25N3O5S2. The molecule has 0 fully saturated rings. The van der Waals surface area contributed by atoms with Gasteiger partial charge in [-0.3, -0.25) is 4.79 Å². The zero-order chi connectivity index (χ0) is 25.9. The number of benzene rings is 3. The lowest BCUT2D eigenvalue weighted by atomic mass is 9.90. The molecule has 1 N–H and O–H groups in total. The number of ether oxygens (including phenoxy) is 1. The summed E-state index contributed by atoms with van der Waals surface area (Å²) in [6.07, 6.45) is 0.154. The smallest absolute Gasteiger partial charge is 0.337 e. The Morgan fingerprint density at radius 1 is 0.944 bits per heavy atom. The standard InChI is InChI=1S/C26H25N3O5S2/c1-16(2)18-7-10-21(11-8-18)36(32,33)29-25(30)22(19-9-12-23-24(15-19)28-35-27-23)14-17-5-4-6-20(13-17)26(31)34-3/h4-13,15-16,22H,14H2,1-3H3,(H,29,30). The minimum atomic E-state index is -4.10. The lowest BCUT2D eigenvalue weighted by Gasteiger charge is -2.18. The Kier molecular flexibility index (Phi) is 7.46. The topological polar surface area (TPSA) is 115 Å². The van der Waals surface area contributed by atoms with E-state index in [1.807, 2.05) is 13.8 Å². The highest BCUT2D eigenvalue weighted by Crippen LogP contribution is 2.26. The van der Waals surface area contributed by atoms with Crippen LogP contribution in [0.1, 0.15) is 52.7 Å². The summed E-state index contributed by atoms with van der Waals surface area (Å²) in [5, 5.41) is 0. The van der Waals surface area contributed by atoms with Gasteiger partial charge in [-0.15, -0.1) is 0 Å². The second-order valence-electron chi connectivity index (χ2n) is 8.65. The summed E-state index contributed by atoms with van der Waals surface area (Å²) in [6, 6.07) is 18.4.